The zero-order chi connectivity index (χ0) is 16.2. The third-order valence-corrected chi connectivity index (χ3v) is 4.05. The molecule has 0 aliphatic heterocycles. The van der Waals surface area contributed by atoms with Gasteiger partial charge in [0.25, 0.3) is 0 Å². The Hall–Kier alpha value is -1.77. The number of aryl methyl sites for hydroxylation is 2. The number of nitrogens with two attached hydrogens (primary N) is 1. The van der Waals surface area contributed by atoms with Crippen molar-refractivity contribution < 1.29 is 34.8 Å². The predicted molar refractivity (Wildman–Crippen MR) is 82.4 cm³/mol. The number of nitrogens with zero attached hydrogens (tertiary/aromatic N) is 1. The molecule has 2 aromatic rings. The van der Waals surface area contributed by atoms with E-state index in [-0.39, 0.29) is 27.8 Å². The Bertz CT molecular complexity index is 760. The summed E-state index contributed by atoms with van der Waals surface area (Å²) in [6, 6.07) is 9.69. The van der Waals surface area contributed by atoms with Crippen molar-refractivity contribution in [3.8, 4) is 0 Å². The maximum absolute atomic E-state index is 11.9. The molecule has 23 heavy (non-hydrogen) atoms. The summed E-state index contributed by atoms with van der Waals surface area (Å²) in [5, 5.41) is 7.73. The van der Waals surface area contributed by atoms with Crippen LogP contribution in [0.1, 0.15) is 12.0 Å². The van der Waals surface area contributed by atoms with Crippen molar-refractivity contribution in [3.05, 3.63) is 54.4 Å². The van der Waals surface area contributed by atoms with Crippen molar-refractivity contribution in [2.45, 2.75) is 24.8 Å². The molecule has 0 saturated heterocycles. The number of hydrogen-bond acceptors (Lipinski definition) is 3. The first-order valence-electron chi connectivity index (χ1n) is 6.73. The van der Waals surface area contributed by atoms with E-state index in [2.05, 4.69) is 5.32 Å². The van der Waals surface area contributed by atoms with Gasteiger partial charge in [0.2, 0.25) is 15.9 Å². The maximum atomic E-state index is 11.9. The molecule has 1 aromatic heterocycles. The second kappa shape index (κ2) is 8.19. The number of aromatic nitrogens is 1. The lowest BCUT2D eigenvalue weighted by Crippen LogP contribution is -3.00. The van der Waals surface area contributed by atoms with Gasteiger partial charge in [-0.2, -0.15) is 0 Å². The smallest absolute Gasteiger partial charge is 0.238 e. The first kappa shape index (κ1) is 19.3. The lowest BCUT2D eigenvalue weighted by molar-refractivity contribution is -0.695. The highest BCUT2D eigenvalue weighted by atomic mass is 79.9. The summed E-state index contributed by atoms with van der Waals surface area (Å²) in [6.07, 6.45) is 4.16. The monoisotopic (exact) mass is 399 g/mol. The molecule has 0 saturated carbocycles. The molecular weight excluding hydrogens is 382 g/mol. The highest BCUT2D eigenvalue weighted by molar-refractivity contribution is 7.89. The van der Waals surface area contributed by atoms with Crippen LogP contribution in [0.5, 0.6) is 0 Å². The summed E-state index contributed by atoms with van der Waals surface area (Å²) in [7, 11) is -3.71. The van der Waals surface area contributed by atoms with Crippen LogP contribution in [-0.2, 0) is 21.4 Å². The average Bonchev–Trinajstić information content (AvgIpc) is 2.46. The highest BCUT2D eigenvalue weighted by Gasteiger charge is 2.09. The van der Waals surface area contributed by atoms with Gasteiger partial charge in [0.15, 0.2) is 18.9 Å². The van der Waals surface area contributed by atoms with Gasteiger partial charge in [0, 0.05) is 17.8 Å². The van der Waals surface area contributed by atoms with E-state index < -0.39 is 10.0 Å². The fraction of sp³-hybridized carbons (Fsp3) is 0.200. The highest BCUT2D eigenvalue weighted by Crippen LogP contribution is 2.12. The quantitative estimate of drug-likeness (QED) is 0.567. The van der Waals surface area contributed by atoms with E-state index in [1.165, 1.54) is 24.3 Å². The molecule has 0 spiro atoms. The van der Waals surface area contributed by atoms with Gasteiger partial charge in [-0.25, -0.2) is 18.1 Å². The Morgan fingerprint density at radius 2 is 1.70 bits per heavy atom. The number of anilines is 1. The van der Waals surface area contributed by atoms with Gasteiger partial charge < -0.3 is 22.3 Å². The summed E-state index contributed by atoms with van der Waals surface area (Å²) in [4.78, 5) is 11.9. The first-order chi connectivity index (χ1) is 10.3. The van der Waals surface area contributed by atoms with Crippen LogP contribution in [-0.4, -0.2) is 14.3 Å². The third-order valence-electron chi connectivity index (χ3n) is 3.12. The van der Waals surface area contributed by atoms with Gasteiger partial charge in [0.05, 0.1) is 11.3 Å². The zero-order valence-corrected chi connectivity index (χ0v) is 15.0. The molecule has 3 N–H and O–H groups in total. The lowest BCUT2D eigenvalue weighted by Gasteiger charge is -2.05. The minimum absolute atomic E-state index is 0. The maximum Gasteiger partial charge on any atom is 0.238 e. The summed E-state index contributed by atoms with van der Waals surface area (Å²) < 4.78 is 24.2. The fourth-order valence-corrected chi connectivity index (χ4v) is 2.38. The van der Waals surface area contributed by atoms with E-state index in [1.807, 2.05) is 36.0 Å². The number of nitrogens with one attached hydrogen (secondary N) is 1. The van der Waals surface area contributed by atoms with Crippen LogP contribution < -0.4 is 32.0 Å². The number of sulfonamides is 1. The Balaban J connectivity index is 0.00000264. The molecule has 1 heterocycles. The van der Waals surface area contributed by atoms with Crippen LogP contribution in [0, 0.1) is 6.92 Å². The summed E-state index contributed by atoms with van der Waals surface area (Å²) in [5.74, 6) is -0.142. The van der Waals surface area contributed by atoms with Crippen molar-refractivity contribution in [1.82, 2.24) is 0 Å². The van der Waals surface area contributed by atoms with Gasteiger partial charge >= 0.3 is 0 Å². The largest absolute Gasteiger partial charge is 1.00 e. The van der Waals surface area contributed by atoms with E-state index in [0.29, 0.717) is 18.7 Å². The number of benzene rings is 1. The minimum atomic E-state index is -3.71. The topological polar surface area (TPSA) is 93.1 Å². The molecule has 124 valence electrons. The SMILES string of the molecule is Cc1cc[n+](CCC(=O)Nc2ccc(S(N)(=O)=O)cc2)cc1.[Br-]. The Kier molecular flexibility index (Phi) is 6.86. The van der Waals surface area contributed by atoms with Crippen LogP contribution in [0.4, 0.5) is 5.69 Å². The van der Waals surface area contributed by atoms with Crippen molar-refractivity contribution in [1.29, 1.82) is 0 Å². The van der Waals surface area contributed by atoms with E-state index >= 15 is 0 Å². The second-order valence-electron chi connectivity index (χ2n) is 4.98. The number of halogens is 1. The van der Waals surface area contributed by atoms with Crippen LogP contribution in [0.2, 0.25) is 0 Å². The van der Waals surface area contributed by atoms with Crippen molar-refractivity contribution in [2.75, 3.05) is 5.32 Å². The molecule has 8 heteroatoms. The summed E-state index contributed by atoms with van der Waals surface area (Å²) in [6.45, 7) is 2.57. The average molecular weight is 400 g/mol. The fourth-order valence-electron chi connectivity index (χ4n) is 1.86. The normalized spacial score (nSPS) is 10.7. The van der Waals surface area contributed by atoms with Gasteiger partial charge in [0.1, 0.15) is 0 Å². The lowest BCUT2D eigenvalue weighted by atomic mass is 10.3. The second-order valence-corrected chi connectivity index (χ2v) is 6.54. The summed E-state index contributed by atoms with van der Waals surface area (Å²) >= 11 is 0. The first-order valence-corrected chi connectivity index (χ1v) is 8.28. The number of hydrogen-bond donors (Lipinski definition) is 2. The predicted octanol–water partition coefficient (Wildman–Crippen LogP) is -2.04. The number of carbonyl (C=O) groups excluding carboxylic acids is 1. The molecule has 6 nitrogen and oxygen atoms in total. The van der Waals surface area contributed by atoms with E-state index in [0.717, 1.165) is 5.56 Å². The van der Waals surface area contributed by atoms with Crippen LogP contribution in [0.25, 0.3) is 0 Å². The molecule has 0 unspecified atom stereocenters. The summed E-state index contributed by atoms with van der Waals surface area (Å²) in [5.41, 5.74) is 1.70. The van der Waals surface area contributed by atoms with Gasteiger partial charge in [-0.1, -0.05) is 0 Å². The molecule has 0 bridgehead atoms. The molecule has 0 radical (unpaired) electrons. The number of pyridine rings is 1. The molecule has 1 aromatic carbocycles. The zero-order valence-electron chi connectivity index (χ0n) is 12.6. The Morgan fingerprint density at radius 1 is 1.13 bits per heavy atom. The number of primary sulfonamides is 1. The van der Waals surface area contributed by atoms with Gasteiger partial charge in [-0.3, -0.25) is 4.79 Å². The van der Waals surface area contributed by atoms with Crippen LogP contribution >= 0.6 is 0 Å². The number of carbonyl (C=O) groups is 1. The van der Waals surface area contributed by atoms with Gasteiger partial charge in [-0.15, -0.1) is 0 Å². The standard InChI is InChI=1S/C15H17N3O3S.BrH/c1-12-6-9-18(10-7-12)11-8-15(19)17-13-2-4-14(5-3-13)22(16,20)21;/h2-7,9-10H,8,11H2,1H3,(H2-,16,17,19,20,21);1H. The van der Waals surface area contributed by atoms with Crippen molar-refractivity contribution >= 4 is 21.6 Å². The molecule has 0 fully saturated rings. The Morgan fingerprint density at radius 3 is 2.22 bits per heavy atom. The van der Waals surface area contributed by atoms with Crippen molar-refractivity contribution in [3.63, 3.8) is 0 Å². The Labute approximate surface area is 146 Å². The number of amides is 1. The molecule has 1 amide bonds. The van der Waals surface area contributed by atoms with Crippen molar-refractivity contribution in [2.24, 2.45) is 5.14 Å². The molecule has 0 aliphatic rings. The molecule has 2 rings (SSSR count). The van der Waals surface area contributed by atoms with Crippen LogP contribution in [0.15, 0.2) is 53.7 Å². The minimum Gasteiger partial charge on any atom is -1.00 e. The number of rotatable bonds is 5. The van der Waals surface area contributed by atoms with E-state index in [4.69, 9.17) is 5.14 Å². The van der Waals surface area contributed by atoms with Gasteiger partial charge in [-0.05, 0) is 36.8 Å². The molecule has 0 aliphatic carbocycles. The molecule has 0 atom stereocenters. The third kappa shape index (κ3) is 6.09. The van der Waals surface area contributed by atoms with E-state index in [9.17, 15) is 13.2 Å². The molecular formula is C15H18BrN3O3S. The van der Waals surface area contributed by atoms with Crippen LogP contribution in [0.3, 0.4) is 0 Å². The van der Waals surface area contributed by atoms with E-state index in [1.54, 1.807) is 0 Å².